The fourth-order valence-electron chi connectivity index (χ4n) is 4.35. The van der Waals surface area contributed by atoms with E-state index in [1.807, 2.05) is 24.4 Å². The summed E-state index contributed by atoms with van der Waals surface area (Å²) in [5.74, 6) is 1.46. The number of aliphatic imine (C=N–C) groups is 1. The minimum Gasteiger partial charge on any atom is -0.495 e. The molecule has 5 nitrogen and oxygen atoms in total. The molecule has 0 amide bonds. The first-order valence-corrected chi connectivity index (χ1v) is 9.02. The van der Waals surface area contributed by atoms with Crippen LogP contribution in [0.15, 0.2) is 53.7 Å². The number of hydrogen-bond acceptors (Lipinski definition) is 5. The van der Waals surface area contributed by atoms with E-state index >= 15 is 0 Å². The lowest BCUT2D eigenvalue weighted by Crippen LogP contribution is -2.61. The molecule has 3 aromatic rings. The van der Waals surface area contributed by atoms with Crippen LogP contribution in [0.4, 0.5) is 11.4 Å². The molecule has 2 aromatic carbocycles. The van der Waals surface area contributed by atoms with Crippen molar-refractivity contribution in [2.45, 2.75) is 25.0 Å². The van der Waals surface area contributed by atoms with Crippen LogP contribution in [-0.2, 0) is 5.41 Å². The van der Waals surface area contributed by atoms with Gasteiger partial charge in [-0.15, -0.1) is 0 Å². The van der Waals surface area contributed by atoms with E-state index in [1.165, 1.54) is 11.3 Å². The highest BCUT2D eigenvalue weighted by molar-refractivity contribution is 5.98. The molecule has 3 heterocycles. The van der Waals surface area contributed by atoms with Gasteiger partial charge in [0, 0.05) is 18.1 Å². The molecule has 1 aromatic heterocycles. The zero-order valence-corrected chi connectivity index (χ0v) is 15.9. The van der Waals surface area contributed by atoms with Gasteiger partial charge < -0.3 is 14.4 Å². The molecule has 5 rings (SSSR count). The van der Waals surface area contributed by atoms with Crippen LogP contribution in [0.3, 0.4) is 0 Å². The molecule has 5 heteroatoms. The van der Waals surface area contributed by atoms with Crippen LogP contribution in [0.2, 0.25) is 0 Å². The number of likely N-dealkylation sites (N-methyl/N-ethyl adjacent to an activating group) is 1. The second-order valence-electron chi connectivity index (χ2n) is 7.61. The molecule has 0 aliphatic carbocycles. The number of methoxy groups -OCH3 is 1. The first-order valence-electron chi connectivity index (χ1n) is 9.02. The highest BCUT2D eigenvalue weighted by atomic mass is 16.5. The Morgan fingerprint density at radius 1 is 1.11 bits per heavy atom. The third-order valence-corrected chi connectivity index (χ3v) is 5.98. The van der Waals surface area contributed by atoms with E-state index in [-0.39, 0.29) is 5.41 Å². The van der Waals surface area contributed by atoms with Gasteiger partial charge in [0.15, 0.2) is 0 Å². The molecule has 0 N–H and O–H groups in total. The van der Waals surface area contributed by atoms with E-state index in [1.54, 1.807) is 13.3 Å². The Balaban J connectivity index is 1.70. The average molecular weight is 359 g/mol. The number of fused-ring (bicyclic) bond motifs is 4. The maximum Gasteiger partial charge on any atom is 0.228 e. The van der Waals surface area contributed by atoms with Crippen LogP contribution in [0, 0.1) is 0 Å². The molecule has 136 valence electrons. The Kier molecular flexibility index (Phi) is 3.12. The lowest BCUT2D eigenvalue weighted by molar-refractivity contribution is 0.0826. The number of aromatic nitrogens is 1. The topological polar surface area (TPSA) is 47.0 Å². The van der Waals surface area contributed by atoms with Gasteiger partial charge in [0.1, 0.15) is 17.2 Å². The fraction of sp³-hybridized carbons (Fsp3) is 0.273. The van der Waals surface area contributed by atoms with Crippen LogP contribution in [0.5, 0.6) is 11.5 Å². The highest BCUT2D eigenvalue weighted by Crippen LogP contribution is 2.54. The summed E-state index contributed by atoms with van der Waals surface area (Å²) in [6.07, 6.45) is 3.66. The monoisotopic (exact) mass is 359 g/mol. The van der Waals surface area contributed by atoms with Gasteiger partial charge in [-0.3, -0.25) is 9.98 Å². The number of nitrogens with zero attached hydrogens (tertiary/aromatic N) is 3. The summed E-state index contributed by atoms with van der Waals surface area (Å²) in [5, 5.41) is 0.925. The van der Waals surface area contributed by atoms with Gasteiger partial charge >= 0.3 is 0 Å². The number of benzene rings is 2. The minimum absolute atomic E-state index is 0.263. The van der Waals surface area contributed by atoms with E-state index in [9.17, 15) is 0 Å². The maximum absolute atomic E-state index is 6.68. The molecule has 0 bridgehead atoms. The van der Waals surface area contributed by atoms with Crippen molar-refractivity contribution >= 4 is 28.5 Å². The third-order valence-electron chi connectivity index (χ3n) is 5.98. The lowest BCUT2D eigenvalue weighted by atomic mass is 9.77. The van der Waals surface area contributed by atoms with Gasteiger partial charge in [0.2, 0.25) is 5.72 Å². The van der Waals surface area contributed by atoms with Gasteiger partial charge in [-0.2, -0.15) is 0 Å². The van der Waals surface area contributed by atoms with Crippen molar-refractivity contribution in [3.63, 3.8) is 0 Å². The summed E-state index contributed by atoms with van der Waals surface area (Å²) < 4.78 is 12.0. The van der Waals surface area contributed by atoms with E-state index < -0.39 is 5.72 Å². The van der Waals surface area contributed by atoms with Crippen LogP contribution >= 0.6 is 0 Å². The maximum atomic E-state index is 6.68. The average Bonchev–Trinajstić information content (AvgIpc) is 2.86. The molecule has 2 aliphatic heterocycles. The Labute approximate surface area is 158 Å². The smallest absolute Gasteiger partial charge is 0.228 e. The molecule has 1 unspecified atom stereocenters. The number of rotatable bonds is 1. The summed E-state index contributed by atoms with van der Waals surface area (Å²) >= 11 is 0. The Bertz CT molecular complexity index is 1110. The molecule has 2 aliphatic rings. The van der Waals surface area contributed by atoms with Crippen LogP contribution in [0.25, 0.3) is 10.9 Å². The molecule has 0 saturated heterocycles. The Morgan fingerprint density at radius 3 is 2.70 bits per heavy atom. The van der Waals surface area contributed by atoms with Crippen molar-refractivity contribution in [2.24, 2.45) is 4.99 Å². The van der Waals surface area contributed by atoms with Crippen molar-refractivity contribution < 1.29 is 9.47 Å². The quantitative estimate of drug-likeness (QED) is 0.643. The van der Waals surface area contributed by atoms with Crippen LogP contribution in [0.1, 0.15) is 19.4 Å². The summed E-state index contributed by atoms with van der Waals surface area (Å²) in [6.45, 7) is 4.41. The molecule has 1 spiro atoms. The molecule has 0 fully saturated rings. The largest absolute Gasteiger partial charge is 0.495 e. The number of pyridine rings is 1. The van der Waals surface area contributed by atoms with Crippen molar-refractivity contribution in [1.82, 2.24) is 4.98 Å². The second kappa shape index (κ2) is 5.22. The standard InChI is InChI=1S/C22H21N3O2/c1-21(2)16-7-5-6-8-18(16)25(3)22(21)13-24-20-15-11-14(26-4)12-23-17(15)9-10-19(20)27-22/h5-13H,1-4H3. The Morgan fingerprint density at radius 2 is 1.93 bits per heavy atom. The predicted octanol–water partition coefficient (Wildman–Crippen LogP) is 4.46. The zero-order chi connectivity index (χ0) is 18.8. The van der Waals surface area contributed by atoms with Gasteiger partial charge in [-0.25, -0.2) is 0 Å². The first kappa shape index (κ1) is 16.1. The van der Waals surface area contributed by atoms with Crippen molar-refractivity contribution in [3.05, 3.63) is 54.2 Å². The molecule has 27 heavy (non-hydrogen) atoms. The van der Waals surface area contributed by atoms with E-state index in [0.29, 0.717) is 5.75 Å². The first-order chi connectivity index (χ1) is 13.0. The highest BCUT2D eigenvalue weighted by Gasteiger charge is 2.58. The third kappa shape index (κ3) is 1.94. The molecular weight excluding hydrogens is 338 g/mol. The SMILES string of the molecule is COc1cnc2ccc3c(c2c1)N=CC1(O3)N(C)c2ccccc2C1(C)C. The molecule has 0 radical (unpaired) electrons. The van der Waals surface area contributed by atoms with Crippen LogP contribution in [-0.4, -0.2) is 31.1 Å². The summed E-state index contributed by atoms with van der Waals surface area (Å²) in [4.78, 5) is 11.5. The molecule has 1 atom stereocenters. The fourth-order valence-corrected chi connectivity index (χ4v) is 4.35. The number of hydrogen-bond donors (Lipinski definition) is 0. The number of anilines is 1. The number of ether oxygens (including phenoxy) is 2. The second-order valence-corrected chi connectivity index (χ2v) is 7.61. The predicted molar refractivity (Wildman–Crippen MR) is 108 cm³/mol. The van der Waals surface area contributed by atoms with Gasteiger partial charge in [-0.1, -0.05) is 18.2 Å². The Hall–Kier alpha value is -3.08. The van der Waals surface area contributed by atoms with Gasteiger partial charge in [0.25, 0.3) is 0 Å². The summed E-state index contributed by atoms with van der Waals surface area (Å²) in [7, 11) is 3.70. The van der Waals surface area contributed by atoms with E-state index in [4.69, 9.17) is 14.5 Å². The van der Waals surface area contributed by atoms with Gasteiger partial charge in [0.05, 0.1) is 30.5 Å². The van der Waals surface area contributed by atoms with E-state index in [0.717, 1.165) is 22.3 Å². The molecule has 0 saturated carbocycles. The summed E-state index contributed by atoms with van der Waals surface area (Å²) in [5.41, 5.74) is 3.15. The van der Waals surface area contributed by atoms with Crippen molar-refractivity contribution in [2.75, 3.05) is 19.1 Å². The normalized spacial score (nSPS) is 21.9. The van der Waals surface area contributed by atoms with Crippen LogP contribution < -0.4 is 14.4 Å². The summed E-state index contributed by atoms with van der Waals surface area (Å²) in [6, 6.07) is 14.3. The van der Waals surface area contributed by atoms with Crippen molar-refractivity contribution in [1.29, 1.82) is 0 Å². The minimum atomic E-state index is -0.677. The lowest BCUT2D eigenvalue weighted by Gasteiger charge is -2.44. The van der Waals surface area contributed by atoms with Gasteiger partial charge in [-0.05, 0) is 43.7 Å². The van der Waals surface area contributed by atoms with E-state index in [2.05, 4.69) is 55.0 Å². The zero-order valence-electron chi connectivity index (χ0n) is 15.9. The van der Waals surface area contributed by atoms with Crippen molar-refractivity contribution in [3.8, 4) is 11.5 Å². The molecular formula is C22H21N3O2. The number of para-hydroxylation sites is 1.